The zero-order valence-corrected chi connectivity index (χ0v) is 20.1. The summed E-state index contributed by atoms with van der Waals surface area (Å²) < 4.78 is 16.1. The Hall–Kier alpha value is -4.37. The number of methoxy groups -OCH3 is 2. The monoisotopic (exact) mass is 491 g/mol. The SMILES string of the molecule is COc1ccc(C=CC(=O)NC(=S)NNC(=O)COc2ccccc2-c2ccccc2)cc1OC. The first-order chi connectivity index (χ1) is 17.0. The molecule has 3 rings (SSSR count). The molecule has 3 aromatic rings. The Kier molecular flexibility index (Phi) is 9.21. The number of thiocarbonyl (C=S) groups is 1. The molecule has 0 aliphatic heterocycles. The Labute approximate surface area is 208 Å². The molecule has 0 spiro atoms. The number of hydrogen-bond donors (Lipinski definition) is 3. The molecule has 0 saturated heterocycles. The molecular formula is C26H25N3O5S. The topological polar surface area (TPSA) is 97.9 Å². The van der Waals surface area contributed by atoms with E-state index < -0.39 is 11.8 Å². The van der Waals surface area contributed by atoms with Crippen LogP contribution in [0.1, 0.15) is 5.56 Å². The van der Waals surface area contributed by atoms with E-state index in [4.69, 9.17) is 26.4 Å². The molecule has 3 aromatic carbocycles. The van der Waals surface area contributed by atoms with Crippen LogP contribution in [0.3, 0.4) is 0 Å². The van der Waals surface area contributed by atoms with Crippen LogP contribution < -0.4 is 30.4 Å². The van der Waals surface area contributed by atoms with E-state index in [1.807, 2.05) is 48.5 Å². The van der Waals surface area contributed by atoms with Crippen LogP contribution >= 0.6 is 12.2 Å². The van der Waals surface area contributed by atoms with Crippen LogP contribution in [0.4, 0.5) is 0 Å². The molecule has 0 saturated carbocycles. The van der Waals surface area contributed by atoms with Gasteiger partial charge in [-0.2, -0.15) is 0 Å². The van der Waals surface area contributed by atoms with Crippen molar-refractivity contribution in [1.82, 2.24) is 16.2 Å². The number of rotatable bonds is 8. The average molecular weight is 492 g/mol. The van der Waals surface area contributed by atoms with E-state index in [0.717, 1.165) is 16.7 Å². The minimum absolute atomic E-state index is 0.0648. The molecule has 9 heteroatoms. The van der Waals surface area contributed by atoms with E-state index in [0.29, 0.717) is 17.2 Å². The third-order valence-electron chi connectivity index (χ3n) is 4.72. The Morgan fingerprint density at radius 1 is 0.857 bits per heavy atom. The number of hydrazine groups is 1. The molecule has 0 heterocycles. The van der Waals surface area contributed by atoms with Gasteiger partial charge in [-0.05, 0) is 47.6 Å². The molecule has 35 heavy (non-hydrogen) atoms. The molecule has 2 amide bonds. The van der Waals surface area contributed by atoms with Crippen molar-refractivity contribution in [3.63, 3.8) is 0 Å². The third-order valence-corrected chi connectivity index (χ3v) is 4.92. The van der Waals surface area contributed by atoms with Crippen molar-refractivity contribution in [2.24, 2.45) is 0 Å². The first-order valence-corrected chi connectivity index (χ1v) is 11.0. The quantitative estimate of drug-likeness (QED) is 0.252. The number of nitrogens with one attached hydrogen (secondary N) is 3. The number of benzene rings is 3. The van der Waals surface area contributed by atoms with Crippen molar-refractivity contribution in [2.75, 3.05) is 20.8 Å². The van der Waals surface area contributed by atoms with E-state index in [1.165, 1.54) is 13.2 Å². The van der Waals surface area contributed by atoms with Crippen molar-refractivity contribution < 1.29 is 23.8 Å². The summed E-state index contributed by atoms with van der Waals surface area (Å²) in [6.07, 6.45) is 2.90. The number of hydrogen-bond acceptors (Lipinski definition) is 6. The molecule has 0 aliphatic rings. The summed E-state index contributed by atoms with van der Waals surface area (Å²) >= 11 is 5.05. The molecule has 180 valence electrons. The highest BCUT2D eigenvalue weighted by atomic mass is 32.1. The van der Waals surface area contributed by atoms with Crippen molar-refractivity contribution in [3.05, 3.63) is 84.4 Å². The summed E-state index contributed by atoms with van der Waals surface area (Å²) in [6.45, 7) is -0.243. The van der Waals surface area contributed by atoms with Crippen LogP contribution in [0.2, 0.25) is 0 Å². The number of para-hydroxylation sites is 1. The normalized spacial score (nSPS) is 10.3. The second kappa shape index (κ2) is 12.8. The lowest BCUT2D eigenvalue weighted by atomic mass is 10.1. The van der Waals surface area contributed by atoms with Crippen molar-refractivity contribution in [2.45, 2.75) is 0 Å². The molecule has 0 radical (unpaired) electrons. The van der Waals surface area contributed by atoms with Crippen molar-refractivity contribution in [3.8, 4) is 28.4 Å². The van der Waals surface area contributed by atoms with E-state index in [9.17, 15) is 9.59 Å². The Morgan fingerprint density at radius 2 is 1.57 bits per heavy atom. The number of carbonyl (C=O) groups is 2. The molecule has 0 unspecified atom stereocenters. The first kappa shape index (κ1) is 25.3. The van der Waals surface area contributed by atoms with Gasteiger partial charge in [-0.25, -0.2) is 0 Å². The van der Waals surface area contributed by atoms with Gasteiger partial charge in [0.1, 0.15) is 5.75 Å². The molecule has 0 aromatic heterocycles. The fourth-order valence-electron chi connectivity index (χ4n) is 3.07. The van der Waals surface area contributed by atoms with Crippen LogP contribution in [-0.2, 0) is 9.59 Å². The molecule has 0 aliphatic carbocycles. The maximum Gasteiger partial charge on any atom is 0.276 e. The Morgan fingerprint density at radius 3 is 2.31 bits per heavy atom. The molecule has 8 nitrogen and oxygen atoms in total. The third kappa shape index (κ3) is 7.58. The van der Waals surface area contributed by atoms with Gasteiger partial charge in [0.15, 0.2) is 23.2 Å². The second-order valence-electron chi connectivity index (χ2n) is 7.09. The van der Waals surface area contributed by atoms with E-state index >= 15 is 0 Å². The average Bonchev–Trinajstić information content (AvgIpc) is 2.90. The van der Waals surface area contributed by atoms with Gasteiger partial charge in [0.05, 0.1) is 14.2 Å². The molecule has 0 atom stereocenters. The highest BCUT2D eigenvalue weighted by Gasteiger charge is 2.09. The van der Waals surface area contributed by atoms with Gasteiger partial charge in [-0.1, -0.05) is 54.6 Å². The first-order valence-electron chi connectivity index (χ1n) is 10.6. The van der Waals surface area contributed by atoms with Crippen LogP contribution in [-0.4, -0.2) is 37.8 Å². The summed E-state index contributed by atoms with van der Waals surface area (Å²) in [4.78, 5) is 24.3. The molecule has 0 bridgehead atoms. The van der Waals surface area contributed by atoms with Crippen LogP contribution in [0.5, 0.6) is 17.2 Å². The van der Waals surface area contributed by atoms with Gasteiger partial charge in [0, 0.05) is 11.6 Å². The Balaban J connectivity index is 1.45. The summed E-state index contributed by atoms with van der Waals surface area (Å²) in [5.74, 6) is 0.765. The van der Waals surface area contributed by atoms with Gasteiger partial charge in [0.25, 0.3) is 5.91 Å². The van der Waals surface area contributed by atoms with E-state index in [1.54, 1.807) is 37.5 Å². The van der Waals surface area contributed by atoms with Gasteiger partial charge in [-0.3, -0.25) is 25.8 Å². The summed E-state index contributed by atoms with van der Waals surface area (Å²) in [6, 6.07) is 22.4. The maximum absolute atomic E-state index is 12.2. The molecular weight excluding hydrogens is 466 g/mol. The minimum atomic E-state index is -0.473. The smallest absolute Gasteiger partial charge is 0.276 e. The van der Waals surface area contributed by atoms with E-state index in [-0.39, 0.29) is 11.7 Å². The largest absolute Gasteiger partial charge is 0.493 e. The zero-order chi connectivity index (χ0) is 25.0. The van der Waals surface area contributed by atoms with Crippen LogP contribution in [0.15, 0.2) is 78.9 Å². The number of amides is 2. The van der Waals surface area contributed by atoms with E-state index in [2.05, 4.69) is 16.2 Å². The maximum atomic E-state index is 12.2. The fourth-order valence-corrected chi connectivity index (χ4v) is 3.22. The lowest BCUT2D eigenvalue weighted by Gasteiger charge is -2.13. The Bertz CT molecular complexity index is 1210. The zero-order valence-electron chi connectivity index (χ0n) is 19.2. The summed E-state index contributed by atoms with van der Waals surface area (Å²) in [7, 11) is 3.08. The van der Waals surface area contributed by atoms with Gasteiger partial charge < -0.3 is 14.2 Å². The van der Waals surface area contributed by atoms with Crippen LogP contribution in [0, 0.1) is 0 Å². The summed E-state index contributed by atoms with van der Waals surface area (Å²) in [5, 5.41) is 2.38. The molecule has 3 N–H and O–H groups in total. The molecule has 0 fully saturated rings. The lowest BCUT2D eigenvalue weighted by molar-refractivity contribution is -0.123. The highest BCUT2D eigenvalue weighted by molar-refractivity contribution is 7.80. The second-order valence-corrected chi connectivity index (χ2v) is 7.50. The fraction of sp³-hybridized carbons (Fsp3) is 0.115. The number of carbonyl (C=O) groups excluding carboxylic acids is 2. The predicted octanol–water partition coefficient (Wildman–Crippen LogP) is 3.48. The highest BCUT2D eigenvalue weighted by Crippen LogP contribution is 2.29. The van der Waals surface area contributed by atoms with Crippen molar-refractivity contribution >= 4 is 35.2 Å². The van der Waals surface area contributed by atoms with Gasteiger partial charge in [0.2, 0.25) is 5.91 Å². The number of ether oxygens (including phenoxy) is 3. The minimum Gasteiger partial charge on any atom is -0.493 e. The standard InChI is InChI=1S/C26H25N3O5S/c1-32-22-14-12-18(16-23(22)33-2)13-15-24(30)27-26(35)29-28-25(31)17-34-21-11-7-6-10-20(21)19-8-4-3-5-9-19/h3-16H,17H2,1-2H3,(H,28,31)(H2,27,29,30,35). The predicted molar refractivity (Wildman–Crippen MR) is 138 cm³/mol. The van der Waals surface area contributed by atoms with Crippen molar-refractivity contribution in [1.29, 1.82) is 0 Å². The van der Waals surface area contributed by atoms with Gasteiger partial charge >= 0.3 is 0 Å². The summed E-state index contributed by atoms with van der Waals surface area (Å²) in [5.41, 5.74) is 7.46. The lowest BCUT2D eigenvalue weighted by Crippen LogP contribution is -2.49. The van der Waals surface area contributed by atoms with Gasteiger partial charge in [-0.15, -0.1) is 0 Å². The van der Waals surface area contributed by atoms with Crippen LogP contribution in [0.25, 0.3) is 17.2 Å².